The summed E-state index contributed by atoms with van der Waals surface area (Å²) in [4.78, 5) is 20.5. The van der Waals surface area contributed by atoms with Gasteiger partial charge in [-0.3, -0.25) is 4.79 Å². The molecule has 1 aromatic rings. The first kappa shape index (κ1) is 14.2. The summed E-state index contributed by atoms with van der Waals surface area (Å²) in [7, 11) is 0. The van der Waals surface area contributed by atoms with Gasteiger partial charge in [0.05, 0.1) is 5.75 Å². The van der Waals surface area contributed by atoms with Crippen molar-refractivity contribution in [2.45, 2.75) is 46.2 Å². The Balaban J connectivity index is 2.67. The van der Waals surface area contributed by atoms with Crippen molar-refractivity contribution in [3.05, 3.63) is 17.0 Å². The summed E-state index contributed by atoms with van der Waals surface area (Å²) in [5.41, 5.74) is 3.12. The summed E-state index contributed by atoms with van der Waals surface area (Å²) >= 11 is 1.44. The number of carbonyl (C=O) groups is 1. The first-order valence-corrected chi connectivity index (χ1v) is 6.91. The van der Waals surface area contributed by atoms with Crippen molar-refractivity contribution in [2.24, 2.45) is 5.92 Å². The van der Waals surface area contributed by atoms with Gasteiger partial charge in [-0.2, -0.15) is 0 Å². The number of carbonyl (C=O) groups excluding carboxylic acids is 1. The Bertz CT molecular complexity index is 395. The minimum atomic E-state index is 0.134. The van der Waals surface area contributed by atoms with Gasteiger partial charge in [0.25, 0.3) is 0 Å². The lowest BCUT2D eigenvalue weighted by Gasteiger charge is -2.08. The SMILES string of the molecule is CCC(C)C(=O)CSc1nc(C)c(C)c(C)n1. The normalized spacial score (nSPS) is 12.5. The summed E-state index contributed by atoms with van der Waals surface area (Å²) in [6, 6.07) is 0. The highest BCUT2D eigenvalue weighted by atomic mass is 32.2. The Kier molecular flexibility index (Phi) is 5.12. The van der Waals surface area contributed by atoms with Crippen LogP contribution in [0.2, 0.25) is 0 Å². The average molecular weight is 252 g/mol. The summed E-state index contributed by atoms with van der Waals surface area (Å²) < 4.78 is 0. The molecule has 1 rings (SSSR count). The maximum Gasteiger partial charge on any atom is 0.188 e. The predicted molar refractivity (Wildman–Crippen MR) is 71.4 cm³/mol. The van der Waals surface area contributed by atoms with Crippen LogP contribution in [-0.2, 0) is 4.79 Å². The summed E-state index contributed by atoms with van der Waals surface area (Å²) in [6.07, 6.45) is 0.895. The van der Waals surface area contributed by atoms with Crippen molar-refractivity contribution < 1.29 is 4.79 Å². The van der Waals surface area contributed by atoms with Crippen molar-refractivity contribution in [3.8, 4) is 0 Å². The quantitative estimate of drug-likeness (QED) is 0.596. The molecule has 0 aliphatic rings. The summed E-state index contributed by atoms with van der Waals surface area (Å²) in [6.45, 7) is 9.97. The molecule has 0 radical (unpaired) electrons. The number of hydrogen-bond donors (Lipinski definition) is 0. The monoisotopic (exact) mass is 252 g/mol. The Morgan fingerprint density at radius 2 is 1.76 bits per heavy atom. The second kappa shape index (κ2) is 6.15. The number of thioether (sulfide) groups is 1. The van der Waals surface area contributed by atoms with E-state index in [0.29, 0.717) is 10.9 Å². The largest absolute Gasteiger partial charge is 0.298 e. The van der Waals surface area contributed by atoms with E-state index in [-0.39, 0.29) is 11.7 Å². The van der Waals surface area contributed by atoms with Gasteiger partial charge < -0.3 is 0 Å². The number of aromatic nitrogens is 2. The highest BCUT2D eigenvalue weighted by Crippen LogP contribution is 2.18. The van der Waals surface area contributed by atoms with E-state index in [2.05, 4.69) is 9.97 Å². The molecule has 0 fully saturated rings. The molecular weight excluding hydrogens is 232 g/mol. The molecule has 4 heteroatoms. The Labute approximate surface area is 107 Å². The third-order valence-corrected chi connectivity index (χ3v) is 3.99. The maximum atomic E-state index is 11.7. The zero-order chi connectivity index (χ0) is 13.0. The number of nitrogens with zero attached hydrogens (tertiary/aromatic N) is 2. The van der Waals surface area contributed by atoms with Crippen molar-refractivity contribution in [1.82, 2.24) is 9.97 Å². The van der Waals surface area contributed by atoms with Gasteiger partial charge in [0.1, 0.15) is 5.78 Å². The molecule has 3 nitrogen and oxygen atoms in total. The smallest absolute Gasteiger partial charge is 0.188 e. The van der Waals surface area contributed by atoms with Crippen LogP contribution in [0.15, 0.2) is 5.16 Å². The van der Waals surface area contributed by atoms with Gasteiger partial charge in [0, 0.05) is 17.3 Å². The van der Waals surface area contributed by atoms with E-state index in [1.165, 1.54) is 11.8 Å². The molecule has 0 aromatic carbocycles. The standard InChI is InChI=1S/C13H20N2OS/c1-6-8(2)12(16)7-17-13-14-10(4)9(3)11(5)15-13/h8H,6-7H2,1-5H3. The molecule has 0 bridgehead atoms. The molecule has 0 saturated carbocycles. The highest BCUT2D eigenvalue weighted by Gasteiger charge is 2.12. The maximum absolute atomic E-state index is 11.7. The summed E-state index contributed by atoms with van der Waals surface area (Å²) in [5, 5.41) is 0.710. The first-order valence-electron chi connectivity index (χ1n) is 5.93. The molecule has 1 atom stereocenters. The van der Waals surface area contributed by atoms with Gasteiger partial charge in [0.15, 0.2) is 5.16 Å². The van der Waals surface area contributed by atoms with Crippen molar-refractivity contribution in [1.29, 1.82) is 0 Å². The van der Waals surface area contributed by atoms with Crippen LogP contribution in [0.3, 0.4) is 0 Å². The molecule has 0 amide bonds. The zero-order valence-electron chi connectivity index (χ0n) is 11.2. The van der Waals surface area contributed by atoms with Crippen molar-refractivity contribution >= 4 is 17.5 Å². The van der Waals surface area contributed by atoms with E-state index in [9.17, 15) is 4.79 Å². The average Bonchev–Trinajstić information content (AvgIpc) is 2.31. The van der Waals surface area contributed by atoms with Gasteiger partial charge in [-0.1, -0.05) is 25.6 Å². The van der Waals surface area contributed by atoms with E-state index in [1.807, 2.05) is 34.6 Å². The highest BCUT2D eigenvalue weighted by molar-refractivity contribution is 7.99. The van der Waals surface area contributed by atoms with Crippen LogP contribution in [0.25, 0.3) is 0 Å². The van der Waals surface area contributed by atoms with Crippen LogP contribution in [0.5, 0.6) is 0 Å². The lowest BCUT2D eigenvalue weighted by atomic mass is 10.1. The van der Waals surface area contributed by atoms with E-state index in [4.69, 9.17) is 0 Å². The minimum Gasteiger partial charge on any atom is -0.298 e. The lowest BCUT2D eigenvalue weighted by Crippen LogP contribution is -2.12. The molecule has 0 N–H and O–H groups in total. The topological polar surface area (TPSA) is 42.9 Å². The van der Waals surface area contributed by atoms with E-state index >= 15 is 0 Å². The van der Waals surface area contributed by atoms with Gasteiger partial charge >= 0.3 is 0 Å². The third-order valence-electron chi connectivity index (χ3n) is 3.12. The molecule has 17 heavy (non-hydrogen) atoms. The number of aryl methyl sites for hydroxylation is 2. The number of rotatable bonds is 5. The fraction of sp³-hybridized carbons (Fsp3) is 0.615. The second-order valence-electron chi connectivity index (χ2n) is 4.37. The van der Waals surface area contributed by atoms with Gasteiger partial charge in [0.2, 0.25) is 0 Å². The molecule has 0 aliphatic heterocycles. The van der Waals surface area contributed by atoms with E-state index in [1.54, 1.807) is 0 Å². The van der Waals surface area contributed by atoms with E-state index in [0.717, 1.165) is 23.4 Å². The van der Waals surface area contributed by atoms with Crippen molar-refractivity contribution in [2.75, 3.05) is 5.75 Å². The summed E-state index contributed by atoms with van der Waals surface area (Å²) in [5.74, 6) is 0.879. The van der Waals surface area contributed by atoms with Crippen LogP contribution < -0.4 is 0 Å². The third kappa shape index (κ3) is 3.80. The van der Waals surface area contributed by atoms with Crippen LogP contribution in [0, 0.1) is 26.7 Å². The molecule has 0 spiro atoms. The molecule has 1 aromatic heterocycles. The number of hydrogen-bond acceptors (Lipinski definition) is 4. The van der Waals surface area contributed by atoms with Crippen LogP contribution >= 0.6 is 11.8 Å². The Morgan fingerprint density at radius 1 is 1.24 bits per heavy atom. The molecule has 0 aliphatic carbocycles. The molecule has 0 saturated heterocycles. The van der Waals surface area contributed by atoms with Crippen molar-refractivity contribution in [3.63, 3.8) is 0 Å². The Morgan fingerprint density at radius 3 is 2.24 bits per heavy atom. The number of ketones is 1. The van der Waals surface area contributed by atoms with Crippen LogP contribution in [0.1, 0.15) is 37.2 Å². The van der Waals surface area contributed by atoms with Gasteiger partial charge in [-0.25, -0.2) is 9.97 Å². The molecule has 1 unspecified atom stereocenters. The van der Waals surface area contributed by atoms with Gasteiger partial charge in [-0.15, -0.1) is 0 Å². The van der Waals surface area contributed by atoms with E-state index < -0.39 is 0 Å². The zero-order valence-corrected chi connectivity index (χ0v) is 12.0. The first-order chi connectivity index (χ1) is 7.95. The molecule has 1 heterocycles. The molecule has 94 valence electrons. The fourth-order valence-corrected chi connectivity index (χ4v) is 2.27. The fourth-order valence-electron chi connectivity index (χ4n) is 1.31. The number of Topliss-reactive ketones (excluding diaryl/α,β-unsaturated/α-hetero) is 1. The van der Waals surface area contributed by atoms with Crippen LogP contribution in [-0.4, -0.2) is 21.5 Å². The van der Waals surface area contributed by atoms with Gasteiger partial charge in [-0.05, 0) is 32.8 Å². The van der Waals surface area contributed by atoms with Crippen LogP contribution in [0.4, 0.5) is 0 Å². The lowest BCUT2D eigenvalue weighted by molar-refractivity contribution is -0.119. The second-order valence-corrected chi connectivity index (χ2v) is 5.31. The minimum absolute atomic E-state index is 0.134. The molecular formula is C13H20N2OS. The predicted octanol–water partition coefficient (Wildman–Crippen LogP) is 3.11. The Hall–Kier alpha value is -0.900.